The molecule has 1 amide bonds. The van der Waals surface area contributed by atoms with Crippen LogP contribution in [0.4, 0.5) is 0 Å². The summed E-state index contributed by atoms with van der Waals surface area (Å²) in [5, 5.41) is 3.27. The predicted molar refractivity (Wildman–Crippen MR) is 123 cm³/mol. The highest BCUT2D eigenvalue weighted by molar-refractivity contribution is 9.10. The molecule has 1 aliphatic heterocycles. The van der Waals surface area contributed by atoms with Gasteiger partial charge in [0.25, 0.3) is 5.91 Å². The van der Waals surface area contributed by atoms with Gasteiger partial charge in [0, 0.05) is 29.2 Å². The summed E-state index contributed by atoms with van der Waals surface area (Å²) >= 11 is 3.38. The molecular formula is C23H33BrN2O4S. The minimum atomic E-state index is -3.76. The highest BCUT2D eigenvalue weighted by atomic mass is 79.9. The van der Waals surface area contributed by atoms with Crippen molar-refractivity contribution in [1.29, 1.82) is 0 Å². The molecule has 1 aromatic carbocycles. The van der Waals surface area contributed by atoms with Crippen LogP contribution in [0.15, 0.2) is 27.6 Å². The zero-order chi connectivity index (χ0) is 22.8. The van der Waals surface area contributed by atoms with E-state index in [2.05, 4.69) is 42.0 Å². The maximum atomic E-state index is 13.4. The molecule has 3 unspecified atom stereocenters. The molecule has 0 spiro atoms. The van der Waals surface area contributed by atoms with E-state index in [0.717, 1.165) is 12.8 Å². The molecule has 5 atom stereocenters. The van der Waals surface area contributed by atoms with E-state index in [0.29, 0.717) is 29.0 Å². The normalized spacial score (nSPS) is 35.3. The fraction of sp³-hybridized carbons (Fsp3) is 0.696. The predicted octanol–water partition coefficient (Wildman–Crippen LogP) is 4.19. The SMILES string of the molecule is CC1CN(S(=O)(=O)c2cc(C(=O)NC3C(C)(C)[C@H]4CC[C@@]3(C)C4)ccc2Br)CC(C)O1. The number of sulfonamides is 1. The molecule has 4 rings (SSSR count). The van der Waals surface area contributed by atoms with Crippen LogP contribution in [0.3, 0.4) is 0 Å². The molecule has 1 heterocycles. The number of ether oxygens (including phenoxy) is 1. The maximum Gasteiger partial charge on any atom is 0.251 e. The summed E-state index contributed by atoms with van der Waals surface area (Å²) < 4.78 is 34.4. The molecule has 172 valence electrons. The number of fused-ring (bicyclic) bond motifs is 2. The lowest BCUT2D eigenvalue weighted by atomic mass is 9.68. The molecule has 31 heavy (non-hydrogen) atoms. The molecule has 1 aromatic rings. The van der Waals surface area contributed by atoms with Gasteiger partial charge in [0.1, 0.15) is 0 Å². The van der Waals surface area contributed by atoms with Crippen molar-refractivity contribution in [3.05, 3.63) is 28.2 Å². The third-order valence-corrected chi connectivity index (χ3v) is 10.6. The van der Waals surface area contributed by atoms with E-state index in [1.165, 1.54) is 16.8 Å². The van der Waals surface area contributed by atoms with Crippen molar-refractivity contribution in [1.82, 2.24) is 9.62 Å². The van der Waals surface area contributed by atoms with E-state index >= 15 is 0 Å². The summed E-state index contributed by atoms with van der Waals surface area (Å²) in [6.45, 7) is 11.1. The Bertz CT molecular complexity index is 981. The molecule has 3 aliphatic rings. The Morgan fingerprint density at radius 2 is 1.84 bits per heavy atom. The largest absolute Gasteiger partial charge is 0.373 e. The minimum absolute atomic E-state index is 0.0347. The molecular weight excluding hydrogens is 480 g/mol. The number of carbonyl (C=O) groups excluding carboxylic acids is 1. The molecule has 3 fully saturated rings. The van der Waals surface area contributed by atoms with Gasteiger partial charge in [-0.25, -0.2) is 8.42 Å². The summed E-state index contributed by atoms with van der Waals surface area (Å²) in [5.74, 6) is 0.411. The molecule has 2 bridgehead atoms. The van der Waals surface area contributed by atoms with Crippen LogP contribution in [-0.2, 0) is 14.8 Å². The topological polar surface area (TPSA) is 75.7 Å². The van der Waals surface area contributed by atoms with E-state index in [1.54, 1.807) is 12.1 Å². The highest BCUT2D eigenvalue weighted by Crippen LogP contribution is 2.62. The van der Waals surface area contributed by atoms with Crippen LogP contribution >= 0.6 is 15.9 Å². The van der Waals surface area contributed by atoms with Gasteiger partial charge in [-0.2, -0.15) is 4.31 Å². The average molecular weight is 513 g/mol. The molecule has 2 saturated carbocycles. The van der Waals surface area contributed by atoms with Gasteiger partial charge in [-0.05, 0) is 84.0 Å². The smallest absolute Gasteiger partial charge is 0.251 e. The van der Waals surface area contributed by atoms with Crippen LogP contribution in [-0.4, -0.2) is 50.0 Å². The third kappa shape index (κ3) is 3.98. The fourth-order valence-corrected chi connectivity index (χ4v) is 8.73. The van der Waals surface area contributed by atoms with Gasteiger partial charge in [-0.1, -0.05) is 20.8 Å². The number of halogens is 1. The van der Waals surface area contributed by atoms with Crippen LogP contribution in [0.5, 0.6) is 0 Å². The van der Waals surface area contributed by atoms with Crippen molar-refractivity contribution in [2.24, 2.45) is 16.7 Å². The minimum Gasteiger partial charge on any atom is -0.373 e. The Morgan fingerprint density at radius 1 is 1.19 bits per heavy atom. The van der Waals surface area contributed by atoms with Crippen LogP contribution in [0.1, 0.15) is 64.2 Å². The Balaban J connectivity index is 1.60. The van der Waals surface area contributed by atoms with Crippen LogP contribution in [0.25, 0.3) is 0 Å². The van der Waals surface area contributed by atoms with E-state index < -0.39 is 10.0 Å². The second-order valence-electron chi connectivity index (χ2n) is 10.5. The van der Waals surface area contributed by atoms with Crippen molar-refractivity contribution in [2.45, 2.75) is 77.0 Å². The van der Waals surface area contributed by atoms with E-state index in [-0.39, 0.29) is 39.9 Å². The number of carbonyl (C=O) groups is 1. The molecule has 2 aliphatic carbocycles. The highest BCUT2D eigenvalue weighted by Gasteiger charge is 2.59. The van der Waals surface area contributed by atoms with E-state index in [4.69, 9.17) is 4.74 Å². The number of amides is 1. The molecule has 1 saturated heterocycles. The monoisotopic (exact) mass is 512 g/mol. The first-order valence-corrected chi connectivity index (χ1v) is 13.3. The van der Waals surface area contributed by atoms with Crippen LogP contribution in [0.2, 0.25) is 0 Å². The summed E-state index contributed by atoms with van der Waals surface area (Å²) in [6, 6.07) is 4.92. The molecule has 0 aromatic heterocycles. The third-order valence-electron chi connectivity index (χ3n) is 7.74. The summed E-state index contributed by atoms with van der Waals surface area (Å²) in [4.78, 5) is 13.3. The summed E-state index contributed by atoms with van der Waals surface area (Å²) in [5.41, 5.74) is 0.513. The number of benzene rings is 1. The van der Waals surface area contributed by atoms with Gasteiger partial charge >= 0.3 is 0 Å². The molecule has 0 radical (unpaired) electrons. The average Bonchev–Trinajstić information content (AvgIpc) is 3.15. The number of nitrogens with one attached hydrogen (secondary N) is 1. The van der Waals surface area contributed by atoms with Gasteiger partial charge in [0.05, 0.1) is 17.1 Å². The number of hydrogen-bond acceptors (Lipinski definition) is 4. The van der Waals surface area contributed by atoms with Gasteiger partial charge in [0.2, 0.25) is 10.0 Å². The lowest BCUT2D eigenvalue weighted by Crippen LogP contribution is -2.52. The van der Waals surface area contributed by atoms with Gasteiger partial charge in [0.15, 0.2) is 0 Å². The second-order valence-corrected chi connectivity index (χ2v) is 13.3. The first-order valence-electron chi connectivity index (χ1n) is 11.1. The molecule has 6 nitrogen and oxygen atoms in total. The van der Waals surface area contributed by atoms with Crippen molar-refractivity contribution in [2.75, 3.05) is 13.1 Å². The Labute approximate surface area is 194 Å². The Morgan fingerprint density at radius 3 is 2.42 bits per heavy atom. The quantitative estimate of drug-likeness (QED) is 0.655. The molecule has 1 N–H and O–H groups in total. The second kappa shape index (κ2) is 7.82. The first-order chi connectivity index (χ1) is 14.3. The fourth-order valence-electron chi connectivity index (χ4n) is 6.19. The standard InChI is InChI=1S/C23H33BrN2O4S/c1-14-12-26(13-15(2)30-14)31(28,29)19-10-16(6-7-18(19)24)20(27)25-21-22(3,4)17-8-9-23(21,5)11-17/h6-7,10,14-15,17,21H,8-9,11-13H2,1-5H3,(H,25,27)/t14?,15?,17-,21?,23-/m0/s1. The maximum absolute atomic E-state index is 13.4. The van der Waals surface area contributed by atoms with E-state index in [1.807, 2.05) is 13.8 Å². The number of rotatable bonds is 4. The number of morpholine rings is 1. The zero-order valence-corrected chi connectivity index (χ0v) is 21.3. The summed E-state index contributed by atoms with van der Waals surface area (Å²) in [7, 11) is -3.76. The number of nitrogens with zero attached hydrogens (tertiary/aromatic N) is 1. The zero-order valence-electron chi connectivity index (χ0n) is 18.9. The van der Waals surface area contributed by atoms with Gasteiger partial charge in [-0.15, -0.1) is 0 Å². The van der Waals surface area contributed by atoms with Gasteiger partial charge < -0.3 is 10.1 Å². The molecule has 8 heteroatoms. The Hall–Kier alpha value is -0.960. The van der Waals surface area contributed by atoms with Crippen LogP contribution in [0, 0.1) is 16.7 Å². The van der Waals surface area contributed by atoms with Gasteiger partial charge in [-0.3, -0.25) is 4.79 Å². The lowest BCUT2D eigenvalue weighted by molar-refractivity contribution is -0.0441. The van der Waals surface area contributed by atoms with Crippen molar-refractivity contribution in [3.63, 3.8) is 0 Å². The Kier molecular flexibility index (Phi) is 5.85. The van der Waals surface area contributed by atoms with Crippen molar-refractivity contribution in [3.8, 4) is 0 Å². The van der Waals surface area contributed by atoms with Crippen LogP contribution < -0.4 is 5.32 Å². The summed E-state index contributed by atoms with van der Waals surface area (Å²) in [6.07, 6.45) is 3.12. The van der Waals surface area contributed by atoms with E-state index in [9.17, 15) is 13.2 Å². The first kappa shape index (κ1) is 23.2. The number of hydrogen-bond donors (Lipinski definition) is 1. The van der Waals surface area contributed by atoms with Crippen molar-refractivity contribution >= 4 is 31.9 Å². The lowest BCUT2D eigenvalue weighted by Gasteiger charge is -2.43. The van der Waals surface area contributed by atoms with Crippen molar-refractivity contribution < 1.29 is 17.9 Å².